The SMILES string of the molecule is CCOC(=O)CC(=O)C(C)N=Nc1ccc(OC(O)CO)cc1. The summed E-state index contributed by atoms with van der Waals surface area (Å²) in [6, 6.07) is 5.47. The average Bonchev–Trinajstić information content (AvgIpc) is 2.53. The van der Waals surface area contributed by atoms with E-state index in [1.54, 1.807) is 38.1 Å². The Morgan fingerprint density at radius 1 is 1.26 bits per heavy atom. The first-order chi connectivity index (χ1) is 11.0. The lowest BCUT2D eigenvalue weighted by molar-refractivity contribution is -0.145. The van der Waals surface area contributed by atoms with E-state index in [9.17, 15) is 9.59 Å². The van der Waals surface area contributed by atoms with Crippen LogP contribution in [-0.4, -0.2) is 47.5 Å². The van der Waals surface area contributed by atoms with Crippen LogP contribution in [0.2, 0.25) is 0 Å². The predicted molar refractivity (Wildman–Crippen MR) is 80.4 cm³/mol. The summed E-state index contributed by atoms with van der Waals surface area (Å²) in [6.07, 6.45) is -1.62. The van der Waals surface area contributed by atoms with Crippen molar-refractivity contribution in [3.05, 3.63) is 24.3 Å². The smallest absolute Gasteiger partial charge is 0.313 e. The van der Waals surface area contributed by atoms with E-state index in [4.69, 9.17) is 19.7 Å². The molecule has 0 aromatic heterocycles. The molecule has 8 nitrogen and oxygen atoms in total. The van der Waals surface area contributed by atoms with Crippen molar-refractivity contribution in [1.82, 2.24) is 0 Å². The van der Waals surface area contributed by atoms with E-state index in [1.807, 2.05) is 0 Å². The number of benzene rings is 1. The predicted octanol–water partition coefficient (Wildman–Crippen LogP) is 1.37. The lowest BCUT2D eigenvalue weighted by Gasteiger charge is -2.10. The maximum Gasteiger partial charge on any atom is 0.313 e. The summed E-state index contributed by atoms with van der Waals surface area (Å²) in [6.45, 7) is 2.92. The third kappa shape index (κ3) is 6.98. The third-order valence-electron chi connectivity index (χ3n) is 2.70. The van der Waals surface area contributed by atoms with E-state index in [-0.39, 0.29) is 18.8 Å². The Kier molecular flexibility index (Phi) is 7.86. The molecule has 0 bridgehead atoms. The van der Waals surface area contributed by atoms with E-state index in [2.05, 4.69) is 10.2 Å². The number of aliphatic hydroxyl groups is 2. The van der Waals surface area contributed by atoms with E-state index in [1.165, 1.54) is 0 Å². The lowest BCUT2D eigenvalue weighted by atomic mass is 10.2. The maximum absolute atomic E-state index is 11.7. The van der Waals surface area contributed by atoms with Crippen molar-refractivity contribution in [3.8, 4) is 5.75 Å². The number of ketones is 1. The normalized spacial score (nSPS) is 13.6. The Bertz CT molecular complexity index is 543. The van der Waals surface area contributed by atoms with Gasteiger partial charge in [-0.15, -0.1) is 0 Å². The van der Waals surface area contributed by atoms with Crippen LogP contribution in [0.15, 0.2) is 34.5 Å². The Morgan fingerprint density at radius 2 is 1.91 bits per heavy atom. The molecule has 0 aliphatic rings. The Labute approximate surface area is 133 Å². The summed E-state index contributed by atoms with van der Waals surface area (Å²) in [5.41, 5.74) is 0.478. The van der Waals surface area contributed by atoms with Crippen molar-refractivity contribution in [2.75, 3.05) is 13.2 Å². The van der Waals surface area contributed by atoms with Gasteiger partial charge in [-0.3, -0.25) is 9.59 Å². The summed E-state index contributed by atoms with van der Waals surface area (Å²) in [5, 5.41) is 25.6. The molecular weight excluding hydrogens is 304 g/mol. The molecule has 0 heterocycles. The number of rotatable bonds is 9. The Morgan fingerprint density at radius 3 is 2.48 bits per heavy atom. The van der Waals surface area contributed by atoms with Crippen LogP contribution < -0.4 is 4.74 Å². The molecule has 0 saturated heterocycles. The zero-order chi connectivity index (χ0) is 17.2. The molecule has 0 aliphatic carbocycles. The van der Waals surface area contributed by atoms with Crippen LogP contribution in [0, 0.1) is 0 Å². The fourth-order valence-corrected chi connectivity index (χ4v) is 1.51. The first-order valence-electron chi connectivity index (χ1n) is 7.11. The molecule has 1 aromatic rings. The largest absolute Gasteiger partial charge is 0.466 e. The fourth-order valence-electron chi connectivity index (χ4n) is 1.51. The molecule has 0 saturated carbocycles. The van der Waals surface area contributed by atoms with E-state index in [0.717, 1.165) is 0 Å². The molecule has 0 fully saturated rings. The van der Waals surface area contributed by atoms with Crippen LogP contribution in [0.5, 0.6) is 5.75 Å². The average molecular weight is 324 g/mol. The molecular formula is C15H20N2O6. The van der Waals surface area contributed by atoms with Crippen LogP contribution in [0.4, 0.5) is 5.69 Å². The molecule has 0 amide bonds. The fraction of sp³-hybridized carbons (Fsp3) is 0.467. The zero-order valence-electron chi connectivity index (χ0n) is 13.0. The first-order valence-corrected chi connectivity index (χ1v) is 7.11. The van der Waals surface area contributed by atoms with E-state index >= 15 is 0 Å². The number of carbonyl (C=O) groups excluding carboxylic acids is 2. The van der Waals surface area contributed by atoms with Crippen molar-refractivity contribution in [2.45, 2.75) is 32.6 Å². The first kappa shape index (κ1) is 18.7. The van der Waals surface area contributed by atoms with Crippen LogP contribution in [0.3, 0.4) is 0 Å². The van der Waals surface area contributed by atoms with Crippen LogP contribution in [-0.2, 0) is 14.3 Å². The topological polar surface area (TPSA) is 118 Å². The molecule has 8 heteroatoms. The molecule has 23 heavy (non-hydrogen) atoms. The zero-order valence-corrected chi connectivity index (χ0v) is 13.0. The van der Waals surface area contributed by atoms with Crippen molar-refractivity contribution >= 4 is 17.4 Å². The minimum Gasteiger partial charge on any atom is -0.466 e. The van der Waals surface area contributed by atoms with Gasteiger partial charge in [-0.25, -0.2) is 0 Å². The summed E-state index contributed by atoms with van der Waals surface area (Å²) in [7, 11) is 0. The van der Waals surface area contributed by atoms with Gasteiger partial charge in [0.25, 0.3) is 0 Å². The molecule has 0 radical (unpaired) electrons. The van der Waals surface area contributed by atoms with Crippen LogP contribution >= 0.6 is 0 Å². The van der Waals surface area contributed by atoms with Gasteiger partial charge in [-0.1, -0.05) is 0 Å². The molecule has 1 aromatic carbocycles. The molecule has 2 N–H and O–H groups in total. The Balaban J connectivity index is 2.55. The second-order valence-corrected chi connectivity index (χ2v) is 4.59. The minimum atomic E-state index is -1.29. The minimum absolute atomic E-state index is 0.224. The number of azo groups is 1. The van der Waals surface area contributed by atoms with Crippen molar-refractivity contribution in [3.63, 3.8) is 0 Å². The molecule has 0 aliphatic heterocycles. The summed E-state index contributed by atoms with van der Waals surface area (Å²) >= 11 is 0. The monoisotopic (exact) mass is 324 g/mol. The number of Topliss-reactive ketones (excluding diaryl/α,β-unsaturated/α-hetero) is 1. The Hall–Kier alpha value is -2.32. The van der Waals surface area contributed by atoms with Gasteiger partial charge in [0.05, 0.1) is 12.3 Å². The highest BCUT2D eigenvalue weighted by Gasteiger charge is 2.17. The standard InChI is InChI=1S/C15H20N2O6/c1-3-22-14(20)8-13(19)10(2)16-17-11-4-6-12(7-5-11)23-15(21)9-18/h4-7,10,15,18,21H,3,8-9H2,1-2H3. The van der Waals surface area contributed by atoms with Crippen molar-refractivity contribution in [1.29, 1.82) is 0 Å². The van der Waals surface area contributed by atoms with Gasteiger partial charge in [0.15, 0.2) is 5.78 Å². The van der Waals surface area contributed by atoms with Gasteiger partial charge in [0, 0.05) is 0 Å². The number of esters is 1. The van der Waals surface area contributed by atoms with Crippen LogP contribution in [0.1, 0.15) is 20.3 Å². The van der Waals surface area contributed by atoms with Gasteiger partial charge in [0.2, 0.25) is 6.29 Å². The van der Waals surface area contributed by atoms with Gasteiger partial charge in [-0.2, -0.15) is 10.2 Å². The quantitative estimate of drug-likeness (QED) is 0.306. The maximum atomic E-state index is 11.7. The summed E-state index contributed by atoms with van der Waals surface area (Å²) in [4.78, 5) is 22.9. The third-order valence-corrected chi connectivity index (χ3v) is 2.70. The number of aliphatic hydroxyl groups excluding tert-OH is 2. The van der Waals surface area contributed by atoms with Crippen LogP contribution in [0.25, 0.3) is 0 Å². The summed E-state index contributed by atoms with van der Waals surface area (Å²) in [5.74, 6) is -0.598. The molecule has 1 rings (SSSR count). The number of hydrogen-bond donors (Lipinski definition) is 2. The van der Waals surface area contributed by atoms with E-state index in [0.29, 0.717) is 11.4 Å². The van der Waals surface area contributed by atoms with Gasteiger partial charge >= 0.3 is 5.97 Å². The molecule has 2 unspecified atom stereocenters. The van der Waals surface area contributed by atoms with Gasteiger partial charge in [-0.05, 0) is 38.1 Å². The highest BCUT2D eigenvalue weighted by atomic mass is 16.6. The highest BCUT2D eigenvalue weighted by Crippen LogP contribution is 2.19. The second-order valence-electron chi connectivity index (χ2n) is 4.59. The number of carbonyl (C=O) groups is 2. The second kappa shape index (κ2) is 9.65. The lowest BCUT2D eigenvalue weighted by Crippen LogP contribution is -2.19. The van der Waals surface area contributed by atoms with Gasteiger partial charge < -0.3 is 19.7 Å². The number of hydrogen-bond acceptors (Lipinski definition) is 8. The van der Waals surface area contributed by atoms with Gasteiger partial charge in [0.1, 0.15) is 24.8 Å². The van der Waals surface area contributed by atoms with Crippen molar-refractivity contribution in [2.24, 2.45) is 10.2 Å². The van der Waals surface area contributed by atoms with E-state index < -0.39 is 24.9 Å². The number of nitrogens with zero attached hydrogens (tertiary/aromatic N) is 2. The molecule has 126 valence electrons. The highest BCUT2D eigenvalue weighted by molar-refractivity contribution is 5.98. The molecule has 2 atom stereocenters. The summed E-state index contributed by atoms with van der Waals surface area (Å²) < 4.78 is 9.67. The molecule has 0 spiro atoms. The number of ether oxygens (including phenoxy) is 2. The van der Waals surface area contributed by atoms with Crippen molar-refractivity contribution < 1.29 is 29.3 Å².